The molecular formula is C14H20N2O2. The van der Waals surface area contributed by atoms with E-state index in [9.17, 15) is 4.79 Å². The highest BCUT2D eigenvalue weighted by molar-refractivity contribution is 5.94. The molecule has 0 aliphatic heterocycles. The van der Waals surface area contributed by atoms with E-state index in [0.717, 1.165) is 12.2 Å². The summed E-state index contributed by atoms with van der Waals surface area (Å²) in [6, 6.07) is 5.08. The molecule has 1 aromatic rings. The molecule has 0 heterocycles. The van der Waals surface area contributed by atoms with Crippen LogP contribution in [0, 0.1) is 11.3 Å². The summed E-state index contributed by atoms with van der Waals surface area (Å²) in [7, 11) is 0. The van der Waals surface area contributed by atoms with E-state index in [4.69, 9.17) is 10.8 Å². The molecule has 1 aliphatic rings. The Hall–Kier alpha value is -1.71. The van der Waals surface area contributed by atoms with Gasteiger partial charge in [-0.05, 0) is 42.4 Å². The molecule has 0 aromatic heterocycles. The van der Waals surface area contributed by atoms with Crippen molar-refractivity contribution in [3.63, 3.8) is 0 Å². The fraction of sp³-hybridized carbons (Fsp3) is 0.500. The van der Waals surface area contributed by atoms with Crippen molar-refractivity contribution >= 4 is 17.3 Å². The van der Waals surface area contributed by atoms with Crippen LogP contribution in [0.3, 0.4) is 0 Å². The van der Waals surface area contributed by atoms with E-state index in [-0.39, 0.29) is 5.56 Å². The molecule has 0 radical (unpaired) electrons. The Morgan fingerprint density at radius 3 is 2.67 bits per heavy atom. The van der Waals surface area contributed by atoms with Crippen molar-refractivity contribution in [2.24, 2.45) is 11.3 Å². The Labute approximate surface area is 107 Å². The van der Waals surface area contributed by atoms with Gasteiger partial charge >= 0.3 is 5.97 Å². The molecule has 98 valence electrons. The van der Waals surface area contributed by atoms with Crippen molar-refractivity contribution in [1.29, 1.82) is 0 Å². The molecule has 0 unspecified atom stereocenters. The fourth-order valence-corrected chi connectivity index (χ4v) is 2.25. The minimum Gasteiger partial charge on any atom is -0.478 e. The Balaban J connectivity index is 2.06. The zero-order valence-corrected chi connectivity index (χ0v) is 10.9. The van der Waals surface area contributed by atoms with Crippen molar-refractivity contribution < 1.29 is 9.90 Å². The largest absolute Gasteiger partial charge is 0.478 e. The number of aromatic carboxylic acids is 1. The number of carboxylic acids is 1. The molecule has 4 N–H and O–H groups in total. The smallest absolute Gasteiger partial charge is 0.337 e. The summed E-state index contributed by atoms with van der Waals surface area (Å²) in [6.45, 7) is 5.37. The molecule has 1 fully saturated rings. The van der Waals surface area contributed by atoms with Crippen LogP contribution in [-0.4, -0.2) is 17.6 Å². The van der Waals surface area contributed by atoms with Crippen LogP contribution in [0.25, 0.3) is 0 Å². The number of hydrogen-bond acceptors (Lipinski definition) is 3. The van der Waals surface area contributed by atoms with Crippen LogP contribution in [0.4, 0.5) is 11.4 Å². The van der Waals surface area contributed by atoms with Gasteiger partial charge in [0.25, 0.3) is 0 Å². The summed E-state index contributed by atoms with van der Waals surface area (Å²) >= 11 is 0. The molecule has 1 aromatic carbocycles. The van der Waals surface area contributed by atoms with Gasteiger partial charge in [0.15, 0.2) is 0 Å². The quantitative estimate of drug-likeness (QED) is 0.700. The fourth-order valence-electron chi connectivity index (χ4n) is 2.25. The topological polar surface area (TPSA) is 75.3 Å². The minimum atomic E-state index is -0.985. The lowest BCUT2D eigenvalue weighted by Gasteiger charge is -2.21. The summed E-state index contributed by atoms with van der Waals surface area (Å²) in [5.74, 6) is -0.334. The maximum atomic E-state index is 11.0. The second-order valence-corrected chi connectivity index (χ2v) is 5.48. The number of carbonyl (C=O) groups is 1. The maximum absolute atomic E-state index is 11.0. The van der Waals surface area contributed by atoms with Crippen LogP contribution < -0.4 is 11.1 Å². The molecule has 0 bridgehead atoms. The van der Waals surface area contributed by atoms with E-state index in [0.29, 0.717) is 17.0 Å². The molecule has 18 heavy (non-hydrogen) atoms. The van der Waals surface area contributed by atoms with E-state index in [1.807, 2.05) is 6.07 Å². The van der Waals surface area contributed by atoms with Crippen molar-refractivity contribution in [2.75, 3.05) is 17.6 Å². The molecule has 4 heteroatoms. The zero-order chi connectivity index (χ0) is 13.3. The lowest BCUT2D eigenvalue weighted by molar-refractivity contribution is 0.0698. The third-order valence-electron chi connectivity index (χ3n) is 4.05. The highest BCUT2D eigenvalue weighted by atomic mass is 16.4. The van der Waals surface area contributed by atoms with Crippen LogP contribution in [0.15, 0.2) is 18.2 Å². The van der Waals surface area contributed by atoms with Gasteiger partial charge in [-0.1, -0.05) is 13.8 Å². The van der Waals surface area contributed by atoms with Gasteiger partial charge in [0, 0.05) is 17.9 Å². The van der Waals surface area contributed by atoms with Gasteiger partial charge in [-0.15, -0.1) is 0 Å². The van der Waals surface area contributed by atoms with Crippen LogP contribution >= 0.6 is 0 Å². The third-order valence-corrected chi connectivity index (χ3v) is 4.05. The number of hydrogen-bond donors (Lipinski definition) is 3. The molecule has 1 saturated carbocycles. The van der Waals surface area contributed by atoms with E-state index < -0.39 is 5.97 Å². The summed E-state index contributed by atoms with van der Waals surface area (Å²) in [5, 5.41) is 12.3. The summed E-state index contributed by atoms with van der Waals surface area (Å²) in [4.78, 5) is 11.0. The Bertz CT molecular complexity index is 465. The van der Waals surface area contributed by atoms with Gasteiger partial charge in [-0.25, -0.2) is 4.79 Å². The van der Waals surface area contributed by atoms with Crippen molar-refractivity contribution in [3.05, 3.63) is 23.8 Å². The van der Waals surface area contributed by atoms with Gasteiger partial charge in [-0.3, -0.25) is 0 Å². The van der Waals surface area contributed by atoms with E-state index in [2.05, 4.69) is 19.2 Å². The van der Waals surface area contributed by atoms with Gasteiger partial charge in [0.1, 0.15) is 0 Å². The van der Waals surface area contributed by atoms with Crippen LogP contribution in [0.2, 0.25) is 0 Å². The number of nitrogens with one attached hydrogen (secondary N) is 1. The zero-order valence-electron chi connectivity index (χ0n) is 10.9. The van der Waals surface area contributed by atoms with Crippen molar-refractivity contribution in [1.82, 2.24) is 0 Å². The van der Waals surface area contributed by atoms with Gasteiger partial charge in [0.2, 0.25) is 0 Å². The van der Waals surface area contributed by atoms with Gasteiger partial charge < -0.3 is 16.2 Å². The number of nitrogens with two attached hydrogens (primary N) is 1. The van der Waals surface area contributed by atoms with Crippen LogP contribution in [-0.2, 0) is 0 Å². The number of anilines is 2. The standard InChI is InChI=1S/C14H20N2O2/c1-9(2)14(5-6-14)8-16-10-3-4-12(15)11(7-10)13(17)18/h3-4,7,9,16H,5-6,8,15H2,1-2H3,(H,17,18). The van der Waals surface area contributed by atoms with Crippen LogP contribution in [0.1, 0.15) is 37.0 Å². The van der Waals surface area contributed by atoms with E-state index in [1.54, 1.807) is 12.1 Å². The normalized spacial score (nSPS) is 16.6. The number of nitrogen functional groups attached to an aromatic ring is 1. The molecule has 0 atom stereocenters. The predicted molar refractivity (Wildman–Crippen MR) is 72.8 cm³/mol. The second kappa shape index (κ2) is 4.52. The average Bonchev–Trinajstić information content (AvgIpc) is 3.08. The summed E-state index contributed by atoms with van der Waals surface area (Å²) in [6.07, 6.45) is 2.50. The first kappa shape index (κ1) is 12.7. The van der Waals surface area contributed by atoms with Crippen molar-refractivity contribution in [2.45, 2.75) is 26.7 Å². The first-order valence-electron chi connectivity index (χ1n) is 6.31. The highest BCUT2D eigenvalue weighted by Crippen LogP contribution is 2.51. The molecule has 1 aliphatic carbocycles. The minimum absolute atomic E-state index is 0.161. The highest BCUT2D eigenvalue weighted by Gasteiger charge is 2.44. The Morgan fingerprint density at radius 2 is 2.17 bits per heavy atom. The first-order chi connectivity index (χ1) is 8.44. The second-order valence-electron chi connectivity index (χ2n) is 5.48. The summed E-state index contributed by atoms with van der Waals surface area (Å²) in [5.41, 5.74) is 7.31. The van der Waals surface area contributed by atoms with Gasteiger partial charge in [0.05, 0.1) is 5.56 Å². The predicted octanol–water partition coefficient (Wildman–Crippen LogP) is 2.82. The molecule has 0 amide bonds. The third kappa shape index (κ3) is 2.42. The molecule has 2 rings (SSSR count). The van der Waals surface area contributed by atoms with E-state index in [1.165, 1.54) is 12.8 Å². The lowest BCUT2D eigenvalue weighted by Crippen LogP contribution is -2.21. The van der Waals surface area contributed by atoms with E-state index >= 15 is 0 Å². The maximum Gasteiger partial charge on any atom is 0.337 e. The van der Waals surface area contributed by atoms with Gasteiger partial charge in [-0.2, -0.15) is 0 Å². The number of rotatable bonds is 5. The number of benzene rings is 1. The monoisotopic (exact) mass is 248 g/mol. The Morgan fingerprint density at radius 1 is 1.50 bits per heavy atom. The first-order valence-corrected chi connectivity index (χ1v) is 6.31. The number of carboxylic acid groups (broad SMARTS) is 1. The SMILES string of the molecule is CC(C)C1(CNc2ccc(N)c(C(=O)O)c2)CC1. The molecule has 0 saturated heterocycles. The van der Waals surface area contributed by atoms with Crippen LogP contribution in [0.5, 0.6) is 0 Å². The molecule has 0 spiro atoms. The summed E-state index contributed by atoms with van der Waals surface area (Å²) < 4.78 is 0. The lowest BCUT2D eigenvalue weighted by atomic mass is 9.92. The Kier molecular flexibility index (Phi) is 3.20. The average molecular weight is 248 g/mol. The molecular weight excluding hydrogens is 228 g/mol. The van der Waals surface area contributed by atoms with Crippen molar-refractivity contribution in [3.8, 4) is 0 Å². The molecule has 4 nitrogen and oxygen atoms in total.